The molecule has 1 atom stereocenters. The van der Waals surface area contributed by atoms with Crippen LogP contribution in [0.1, 0.15) is 29.3 Å². The first kappa shape index (κ1) is 24.6. The van der Waals surface area contributed by atoms with Gasteiger partial charge in [0.05, 0.1) is 29.6 Å². The highest BCUT2D eigenvalue weighted by Crippen LogP contribution is 2.23. The van der Waals surface area contributed by atoms with Crippen molar-refractivity contribution in [1.82, 2.24) is 19.4 Å². The fraction of sp³-hybridized carbons (Fsp3) is 0.375. The number of carbonyl (C=O) groups excluding carboxylic acids is 1. The Morgan fingerprint density at radius 1 is 1.11 bits per heavy atom. The SMILES string of the molecule is CC[C@H]1CN(C(=O)c2cc(Cn3c(=O)[nH]c(=O)c4ccccc43)ccc2F)CCN1CC(F)(F)F. The maximum Gasteiger partial charge on any atom is 0.401 e. The van der Waals surface area contributed by atoms with E-state index >= 15 is 0 Å². The Kier molecular flexibility index (Phi) is 6.79. The van der Waals surface area contributed by atoms with Crippen LogP contribution in [0, 0.1) is 5.82 Å². The lowest BCUT2D eigenvalue weighted by molar-refractivity contribution is -0.155. The number of aromatic nitrogens is 2. The average Bonchev–Trinajstić information content (AvgIpc) is 2.81. The molecule has 0 spiro atoms. The highest BCUT2D eigenvalue weighted by Gasteiger charge is 2.37. The van der Waals surface area contributed by atoms with Crippen LogP contribution in [-0.4, -0.2) is 63.7 Å². The molecule has 1 amide bonds. The van der Waals surface area contributed by atoms with Crippen LogP contribution in [0.5, 0.6) is 0 Å². The Labute approximate surface area is 197 Å². The molecule has 2 aromatic carbocycles. The smallest absolute Gasteiger partial charge is 0.336 e. The topological polar surface area (TPSA) is 78.4 Å². The van der Waals surface area contributed by atoms with Gasteiger partial charge in [-0.25, -0.2) is 9.18 Å². The standard InChI is InChI=1S/C24H24F4N4O3/c1-2-16-13-30(9-10-31(16)14-24(26,27)28)22(34)18-11-15(7-8-19(18)25)12-32-20-6-4-3-5-17(20)21(33)29-23(32)35/h3-8,11,16H,2,9-10,12-14H2,1H3,(H,29,33,35)/t16-/m0/s1. The Morgan fingerprint density at radius 3 is 2.57 bits per heavy atom. The molecule has 186 valence electrons. The molecule has 1 fully saturated rings. The molecule has 0 aliphatic carbocycles. The predicted octanol–water partition coefficient (Wildman–Crippen LogP) is 2.98. The maximum absolute atomic E-state index is 14.7. The zero-order valence-corrected chi connectivity index (χ0v) is 18.9. The minimum Gasteiger partial charge on any atom is -0.336 e. The zero-order valence-electron chi connectivity index (χ0n) is 18.9. The quantitative estimate of drug-likeness (QED) is 0.556. The summed E-state index contributed by atoms with van der Waals surface area (Å²) in [6.07, 6.45) is -3.94. The molecule has 1 aliphatic rings. The van der Waals surface area contributed by atoms with Gasteiger partial charge in [0, 0.05) is 25.7 Å². The lowest BCUT2D eigenvalue weighted by atomic mass is 10.1. The van der Waals surface area contributed by atoms with Crippen LogP contribution in [-0.2, 0) is 6.54 Å². The van der Waals surface area contributed by atoms with Crippen molar-refractivity contribution in [3.8, 4) is 0 Å². The molecule has 4 rings (SSSR count). The first-order valence-corrected chi connectivity index (χ1v) is 11.2. The molecule has 35 heavy (non-hydrogen) atoms. The van der Waals surface area contributed by atoms with Gasteiger partial charge in [0.25, 0.3) is 11.5 Å². The molecule has 1 N–H and O–H groups in total. The number of alkyl halides is 3. The first-order chi connectivity index (χ1) is 16.6. The van der Waals surface area contributed by atoms with Crippen molar-refractivity contribution in [2.24, 2.45) is 0 Å². The minimum atomic E-state index is -4.34. The third-order valence-electron chi connectivity index (χ3n) is 6.25. The van der Waals surface area contributed by atoms with Crippen molar-refractivity contribution in [1.29, 1.82) is 0 Å². The van der Waals surface area contributed by atoms with Crippen molar-refractivity contribution < 1.29 is 22.4 Å². The molecular formula is C24H24F4N4O3. The lowest BCUT2D eigenvalue weighted by Crippen LogP contribution is -2.56. The van der Waals surface area contributed by atoms with Crippen molar-refractivity contribution >= 4 is 16.8 Å². The van der Waals surface area contributed by atoms with Gasteiger partial charge in [-0.05, 0) is 36.2 Å². The van der Waals surface area contributed by atoms with Crippen LogP contribution >= 0.6 is 0 Å². The zero-order chi connectivity index (χ0) is 25.3. The summed E-state index contributed by atoms with van der Waals surface area (Å²) in [5.74, 6) is -1.38. The molecular weight excluding hydrogens is 468 g/mol. The maximum atomic E-state index is 14.7. The Balaban J connectivity index is 1.59. The number of hydrogen-bond acceptors (Lipinski definition) is 4. The number of carbonyl (C=O) groups is 1. The molecule has 0 radical (unpaired) electrons. The molecule has 11 heteroatoms. The van der Waals surface area contributed by atoms with E-state index in [9.17, 15) is 31.9 Å². The summed E-state index contributed by atoms with van der Waals surface area (Å²) in [5, 5.41) is 0.313. The van der Waals surface area contributed by atoms with Gasteiger partial charge in [-0.15, -0.1) is 0 Å². The summed E-state index contributed by atoms with van der Waals surface area (Å²) >= 11 is 0. The molecule has 0 unspecified atom stereocenters. The highest BCUT2D eigenvalue weighted by atomic mass is 19.4. The van der Waals surface area contributed by atoms with Crippen LogP contribution < -0.4 is 11.2 Å². The Morgan fingerprint density at radius 2 is 1.86 bits per heavy atom. The minimum absolute atomic E-state index is 0.0202. The van der Waals surface area contributed by atoms with Gasteiger partial charge in [0.15, 0.2) is 0 Å². The van der Waals surface area contributed by atoms with Gasteiger partial charge in [0.1, 0.15) is 5.82 Å². The average molecular weight is 492 g/mol. The van der Waals surface area contributed by atoms with E-state index in [2.05, 4.69) is 4.98 Å². The number of aromatic amines is 1. The second kappa shape index (κ2) is 9.65. The molecule has 1 saturated heterocycles. The van der Waals surface area contributed by atoms with Gasteiger partial charge >= 0.3 is 11.9 Å². The number of H-pyrrole nitrogens is 1. The summed E-state index contributed by atoms with van der Waals surface area (Å²) in [6.45, 7) is 0.796. The highest BCUT2D eigenvalue weighted by molar-refractivity contribution is 5.94. The van der Waals surface area contributed by atoms with Gasteiger partial charge in [-0.2, -0.15) is 13.2 Å². The van der Waals surface area contributed by atoms with Gasteiger partial charge in [0.2, 0.25) is 0 Å². The summed E-state index contributed by atoms with van der Waals surface area (Å²) in [6, 6.07) is 9.95. The van der Waals surface area contributed by atoms with E-state index in [4.69, 9.17) is 0 Å². The molecule has 2 heterocycles. The van der Waals surface area contributed by atoms with E-state index in [0.717, 1.165) is 6.07 Å². The van der Waals surface area contributed by atoms with E-state index in [1.165, 1.54) is 26.5 Å². The number of hydrogen-bond donors (Lipinski definition) is 1. The van der Waals surface area contributed by atoms with Crippen LogP contribution in [0.3, 0.4) is 0 Å². The summed E-state index contributed by atoms with van der Waals surface area (Å²) in [5.41, 5.74) is -0.533. The third kappa shape index (κ3) is 5.29. The normalized spacial score (nSPS) is 17.2. The van der Waals surface area contributed by atoms with Crippen molar-refractivity contribution in [3.63, 3.8) is 0 Å². The summed E-state index contributed by atoms with van der Waals surface area (Å²) in [4.78, 5) is 42.6. The van der Waals surface area contributed by atoms with E-state index in [1.54, 1.807) is 31.2 Å². The number of halogens is 4. The largest absolute Gasteiger partial charge is 0.401 e. The fourth-order valence-electron chi connectivity index (χ4n) is 4.49. The van der Waals surface area contributed by atoms with E-state index in [-0.39, 0.29) is 31.7 Å². The van der Waals surface area contributed by atoms with Crippen LogP contribution in [0.4, 0.5) is 17.6 Å². The van der Waals surface area contributed by atoms with Crippen molar-refractivity contribution in [3.05, 3.63) is 80.2 Å². The Hall–Kier alpha value is -3.47. The summed E-state index contributed by atoms with van der Waals surface area (Å²) in [7, 11) is 0. The third-order valence-corrected chi connectivity index (χ3v) is 6.25. The van der Waals surface area contributed by atoms with Crippen LogP contribution in [0.15, 0.2) is 52.1 Å². The number of rotatable bonds is 5. The predicted molar refractivity (Wildman–Crippen MR) is 122 cm³/mol. The van der Waals surface area contributed by atoms with E-state index in [0.29, 0.717) is 22.9 Å². The van der Waals surface area contributed by atoms with Crippen LogP contribution in [0.2, 0.25) is 0 Å². The molecule has 1 aromatic heterocycles. The summed E-state index contributed by atoms with van der Waals surface area (Å²) < 4.78 is 54.6. The molecule has 0 bridgehead atoms. The van der Waals surface area contributed by atoms with Gasteiger partial charge in [-0.3, -0.25) is 24.0 Å². The second-order valence-electron chi connectivity index (χ2n) is 8.58. The monoisotopic (exact) mass is 492 g/mol. The fourth-order valence-corrected chi connectivity index (χ4v) is 4.49. The van der Waals surface area contributed by atoms with Gasteiger partial charge < -0.3 is 4.90 Å². The number of piperazine rings is 1. The Bertz CT molecular complexity index is 1370. The van der Waals surface area contributed by atoms with E-state index < -0.39 is 41.7 Å². The molecule has 1 aliphatic heterocycles. The van der Waals surface area contributed by atoms with Gasteiger partial charge in [-0.1, -0.05) is 25.1 Å². The second-order valence-corrected chi connectivity index (χ2v) is 8.58. The molecule has 7 nitrogen and oxygen atoms in total. The van der Waals surface area contributed by atoms with Crippen molar-refractivity contribution in [2.45, 2.75) is 32.1 Å². The number of para-hydroxylation sites is 1. The number of nitrogens with one attached hydrogen (secondary N) is 1. The van der Waals surface area contributed by atoms with Crippen molar-refractivity contribution in [2.75, 3.05) is 26.2 Å². The molecule has 0 saturated carbocycles. The molecule has 3 aromatic rings. The first-order valence-electron chi connectivity index (χ1n) is 11.2. The number of fused-ring (bicyclic) bond motifs is 1. The van der Waals surface area contributed by atoms with Crippen LogP contribution in [0.25, 0.3) is 10.9 Å². The lowest BCUT2D eigenvalue weighted by Gasteiger charge is -2.41. The number of nitrogens with zero attached hydrogens (tertiary/aromatic N) is 3. The number of amides is 1. The van der Waals surface area contributed by atoms with E-state index in [1.807, 2.05) is 0 Å². The number of benzene rings is 2.